The molecule has 7 nitrogen and oxygen atoms in total. The zero-order valence-corrected chi connectivity index (χ0v) is 22.8. The molecule has 0 aromatic heterocycles. The van der Waals surface area contributed by atoms with Gasteiger partial charge in [-0.1, -0.05) is 69.7 Å². The fourth-order valence-corrected chi connectivity index (χ4v) is 5.69. The van der Waals surface area contributed by atoms with E-state index >= 15 is 0 Å². The molecule has 0 aliphatic carbocycles. The number of ether oxygens (including phenoxy) is 1. The zero-order valence-electron chi connectivity index (χ0n) is 20.3. The average molecular weight is 578 g/mol. The topological polar surface area (TPSA) is 86.1 Å². The summed E-state index contributed by atoms with van der Waals surface area (Å²) in [5.41, 5.74) is 4.57. The van der Waals surface area contributed by atoms with Crippen molar-refractivity contribution in [2.45, 2.75) is 31.1 Å². The van der Waals surface area contributed by atoms with Crippen LogP contribution in [0.5, 0.6) is 5.75 Å². The standard InChI is InChI=1S/C28H25BrN4O3S/c1-17-3-5-18(6-4-17)23-15-24(19-7-9-20(29)10-8-19)33(31-23)28(30)37-25-16-26(34)32(27(25)35)21-11-13-22(36-2)14-12-21/h3-14,24-25,30H,15-16H2,1-2H3/t24-,25+/m1/s1. The molecule has 2 aliphatic heterocycles. The monoisotopic (exact) mass is 576 g/mol. The Morgan fingerprint density at radius 3 is 2.32 bits per heavy atom. The maximum absolute atomic E-state index is 13.2. The number of benzene rings is 3. The van der Waals surface area contributed by atoms with Crippen LogP contribution in [0.15, 0.2) is 82.4 Å². The normalized spacial score (nSPS) is 19.4. The van der Waals surface area contributed by atoms with Crippen molar-refractivity contribution in [3.05, 3.63) is 94.0 Å². The van der Waals surface area contributed by atoms with Crippen LogP contribution in [0, 0.1) is 12.3 Å². The summed E-state index contributed by atoms with van der Waals surface area (Å²) in [5.74, 6) is 0.0352. The Morgan fingerprint density at radius 2 is 1.68 bits per heavy atom. The summed E-state index contributed by atoms with van der Waals surface area (Å²) in [6.07, 6.45) is 0.659. The number of carbonyl (C=O) groups is 2. The third-order valence-corrected chi connectivity index (χ3v) is 8.04. The predicted octanol–water partition coefficient (Wildman–Crippen LogP) is 5.92. The molecular weight excluding hydrogens is 552 g/mol. The van der Waals surface area contributed by atoms with Crippen LogP contribution in [-0.2, 0) is 9.59 Å². The highest BCUT2D eigenvalue weighted by molar-refractivity contribution is 9.10. The van der Waals surface area contributed by atoms with E-state index in [4.69, 9.17) is 15.2 Å². The van der Waals surface area contributed by atoms with Crippen molar-refractivity contribution in [3.63, 3.8) is 0 Å². The number of thioether (sulfide) groups is 1. The maximum Gasteiger partial charge on any atom is 0.247 e. The van der Waals surface area contributed by atoms with E-state index in [9.17, 15) is 9.59 Å². The first kappa shape index (κ1) is 25.2. The van der Waals surface area contributed by atoms with Gasteiger partial charge in [0.25, 0.3) is 0 Å². The number of rotatable bonds is 5. The molecule has 37 heavy (non-hydrogen) atoms. The Balaban J connectivity index is 1.38. The summed E-state index contributed by atoms with van der Waals surface area (Å²) in [6.45, 7) is 2.04. The van der Waals surface area contributed by atoms with E-state index in [1.165, 1.54) is 4.90 Å². The van der Waals surface area contributed by atoms with E-state index in [0.29, 0.717) is 17.9 Å². The minimum Gasteiger partial charge on any atom is -0.497 e. The van der Waals surface area contributed by atoms with Gasteiger partial charge in [0, 0.05) is 17.3 Å². The van der Waals surface area contributed by atoms with E-state index in [-0.39, 0.29) is 29.4 Å². The number of hydrogen-bond acceptors (Lipinski definition) is 6. The lowest BCUT2D eigenvalue weighted by Crippen LogP contribution is -2.32. The van der Waals surface area contributed by atoms with Crippen LogP contribution in [-0.4, -0.2) is 40.1 Å². The molecule has 0 radical (unpaired) electrons. The zero-order chi connectivity index (χ0) is 26.1. The lowest BCUT2D eigenvalue weighted by Gasteiger charge is -2.24. The first-order chi connectivity index (χ1) is 17.8. The van der Waals surface area contributed by atoms with Gasteiger partial charge in [-0.2, -0.15) is 5.10 Å². The maximum atomic E-state index is 13.2. The second kappa shape index (κ2) is 10.5. The van der Waals surface area contributed by atoms with Gasteiger partial charge in [-0.3, -0.25) is 15.0 Å². The van der Waals surface area contributed by atoms with Gasteiger partial charge in [0.15, 0.2) is 5.17 Å². The Labute approximate surface area is 228 Å². The van der Waals surface area contributed by atoms with Crippen molar-refractivity contribution in [3.8, 4) is 5.75 Å². The minimum atomic E-state index is -0.689. The number of halogens is 1. The van der Waals surface area contributed by atoms with Gasteiger partial charge in [0.1, 0.15) is 11.0 Å². The number of amidine groups is 1. The van der Waals surface area contributed by atoms with E-state index in [0.717, 1.165) is 38.6 Å². The minimum absolute atomic E-state index is 0.0310. The van der Waals surface area contributed by atoms with Crippen molar-refractivity contribution in [2.75, 3.05) is 12.0 Å². The third kappa shape index (κ3) is 5.19. The molecule has 1 saturated heterocycles. The summed E-state index contributed by atoms with van der Waals surface area (Å²) in [7, 11) is 1.56. The molecule has 1 N–H and O–H groups in total. The highest BCUT2D eigenvalue weighted by atomic mass is 79.9. The molecular formula is C28H25BrN4O3S. The molecule has 0 bridgehead atoms. The Bertz CT molecular complexity index is 1370. The molecule has 188 valence electrons. The third-order valence-electron chi connectivity index (χ3n) is 6.45. The van der Waals surface area contributed by atoms with Crippen molar-refractivity contribution in [1.82, 2.24) is 5.01 Å². The number of aryl methyl sites for hydroxylation is 1. The summed E-state index contributed by atoms with van der Waals surface area (Å²) in [5, 5.41) is 14.9. The second-order valence-corrected chi connectivity index (χ2v) is 11.0. The van der Waals surface area contributed by atoms with Crippen LogP contribution in [0.25, 0.3) is 0 Å². The van der Waals surface area contributed by atoms with E-state index in [1.54, 1.807) is 36.4 Å². The van der Waals surface area contributed by atoms with Crippen LogP contribution in [0.4, 0.5) is 5.69 Å². The fraction of sp³-hybridized carbons (Fsp3) is 0.214. The molecule has 2 atom stereocenters. The molecule has 2 aliphatic rings. The highest BCUT2D eigenvalue weighted by Gasteiger charge is 2.42. The number of nitrogens with zero attached hydrogens (tertiary/aromatic N) is 3. The van der Waals surface area contributed by atoms with Crippen molar-refractivity contribution >= 4 is 56.1 Å². The van der Waals surface area contributed by atoms with Crippen LogP contribution >= 0.6 is 27.7 Å². The average Bonchev–Trinajstić information content (AvgIpc) is 3.46. The summed E-state index contributed by atoms with van der Waals surface area (Å²) in [6, 6.07) is 22.8. The van der Waals surface area contributed by atoms with Gasteiger partial charge in [0.2, 0.25) is 11.8 Å². The Hall–Kier alpha value is -3.43. The van der Waals surface area contributed by atoms with Crippen molar-refractivity contribution in [1.29, 1.82) is 5.41 Å². The van der Waals surface area contributed by atoms with Crippen molar-refractivity contribution < 1.29 is 14.3 Å². The second-order valence-electron chi connectivity index (χ2n) is 8.91. The molecule has 0 spiro atoms. The molecule has 1 fully saturated rings. The molecule has 5 rings (SSSR count). The Kier molecular flexibility index (Phi) is 7.17. The van der Waals surface area contributed by atoms with Gasteiger partial charge in [-0.05, 0) is 54.4 Å². The number of nitrogens with one attached hydrogen (secondary N) is 1. The molecule has 2 heterocycles. The van der Waals surface area contributed by atoms with E-state index in [1.807, 2.05) is 55.5 Å². The smallest absolute Gasteiger partial charge is 0.247 e. The largest absolute Gasteiger partial charge is 0.497 e. The summed E-state index contributed by atoms with van der Waals surface area (Å²) < 4.78 is 6.15. The van der Waals surface area contributed by atoms with Gasteiger partial charge < -0.3 is 4.74 Å². The lowest BCUT2D eigenvalue weighted by atomic mass is 9.98. The van der Waals surface area contributed by atoms with Crippen LogP contribution in [0.2, 0.25) is 0 Å². The summed E-state index contributed by atoms with van der Waals surface area (Å²) >= 11 is 4.57. The van der Waals surface area contributed by atoms with Crippen LogP contribution < -0.4 is 9.64 Å². The van der Waals surface area contributed by atoms with Gasteiger partial charge in [-0.25, -0.2) is 9.91 Å². The number of hydrazone groups is 1. The highest BCUT2D eigenvalue weighted by Crippen LogP contribution is 2.38. The number of methoxy groups -OCH3 is 1. The molecule has 3 aromatic rings. The first-order valence-corrected chi connectivity index (χ1v) is 13.5. The fourth-order valence-electron chi connectivity index (χ4n) is 4.45. The van der Waals surface area contributed by atoms with Gasteiger partial charge in [-0.15, -0.1) is 0 Å². The first-order valence-electron chi connectivity index (χ1n) is 11.8. The number of anilines is 1. The molecule has 2 amide bonds. The SMILES string of the molecule is COc1ccc(N2C(=O)C[C@H](SC(=N)N3N=C(c4ccc(C)cc4)C[C@@H]3c3ccc(Br)cc3)C2=O)cc1. The number of carbonyl (C=O) groups excluding carboxylic acids is 2. The van der Waals surface area contributed by atoms with Gasteiger partial charge in [0.05, 0.1) is 24.6 Å². The molecule has 9 heteroatoms. The van der Waals surface area contributed by atoms with E-state index < -0.39 is 5.25 Å². The van der Waals surface area contributed by atoms with Crippen LogP contribution in [0.3, 0.4) is 0 Å². The quantitative estimate of drug-likeness (QED) is 0.231. The lowest BCUT2D eigenvalue weighted by molar-refractivity contribution is -0.121. The molecule has 0 saturated carbocycles. The van der Waals surface area contributed by atoms with Crippen LogP contribution in [0.1, 0.15) is 35.6 Å². The summed E-state index contributed by atoms with van der Waals surface area (Å²) in [4.78, 5) is 27.2. The Morgan fingerprint density at radius 1 is 1.00 bits per heavy atom. The number of imide groups is 1. The molecule has 0 unspecified atom stereocenters. The van der Waals surface area contributed by atoms with E-state index in [2.05, 4.69) is 15.9 Å². The number of amides is 2. The van der Waals surface area contributed by atoms with Crippen molar-refractivity contribution in [2.24, 2.45) is 5.10 Å². The molecule has 3 aromatic carbocycles. The van der Waals surface area contributed by atoms with Gasteiger partial charge >= 0.3 is 0 Å². The number of hydrogen-bond donors (Lipinski definition) is 1. The predicted molar refractivity (Wildman–Crippen MR) is 150 cm³/mol.